The summed E-state index contributed by atoms with van der Waals surface area (Å²) in [5.74, 6) is 0.0115. The van der Waals surface area contributed by atoms with Gasteiger partial charge in [0.1, 0.15) is 0 Å². The standard InChI is InChI=1S/C15H22N2O3/c1-12(2)20-11-14-10-17(8-9-19-14)15(18)6-5-13-4-3-7-16-13/h3-7,12,14,16H,8-11H2,1-2H3/b6-5+. The third-order valence-electron chi connectivity index (χ3n) is 3.09. The number of aromatic nitrogens is 1. The Hall–Kier alpha value is -1.59. The number of hydrogen-bond acceptors (Lipinski definition) is 3. The van der Waals surface area contributed by atoms with Gasteiger partial charge in [-0.25, -0.2) is 0 Å². The quantitative estimate of drug-likeness (QED) is 0.834. The molecule has 1 aromatic heterocycles. The molecule has 1 amide bonds. The van der Waals surface area contributed by atoms with E-state index in [-0.39, 0.29) is 18.1 Å². The summed E-state index contributed by atoms with van der Waals surface area (Å²) in [4.78, 5) is 16.9. The number of ether oxygens (including phenoxy) is 2. The zero-order valence-electron chi connectivity index (χ0n) is 12.0. The smallest absolute Gasteiger partial charge is 0.246 e. The molecule has 1 aliphatic rings. The van der Waals surface area contributed by atoms with Crippen molar-refractivity contribution in [2.24, 2.45) is 0 Å². The summed E-state index contributed by atoms with van der Waals surface area (Å²) in [7, 11) is 0. The summed E-state index contributed by atoms with van der Waals surface area (Å²) < 4.78 is 11.2. The van der Waals surface area contributed by atoms with Gasteiger partial charge in [-0.15, -0.1) is 0 Å². The first-order valence-corrected chi connectivity index (χ1v) is 6.98. The zero-order chi connectivity index (χ0) is 14.4. The van der Waals surface area contributed by atoms with Crippen LogP contribution in [-0.4, -0.2) is 54.3 Å². The average Bonchev–Trinajstić information content (AvgIpc) is 2.96. The molecule has 5 heteroatoms. The van der Waals surface area contributed by atoms with E-state index >= 15 is 0 Å². The lowest BCUT2D eigenvalue weighted by Gasteiger charge is -2.32. The number of rotatable bonds is 5. The Morgan fingerprint density at radius 2 is 2.50 bits per heavy atom. The highest BCUT2D eigenvalue weighted by Crippen LogP contribution is 2.08. The van der Waals surface area contributed by atoms with E-state index in [0.717, 1.165) is 5.69 Å². The molecule has 1 saturated heterocycles. The molecule has 2 rings (SSSR count). The Bertz CT molecular complexity index is 440. The Balaban J connectivity index is 1.83. The van der Waals surface area contributed by atoms with Crippen molar-refractivity contribution >= 4 is 12.0 Å². The van der Waals surface area contributed by atoms with Gasteiger partial charge in [-0.1, -0.05) is 0 Å². The van der Waals surface area contributed by atoms with Crippen molar-refractivity contribution in [2.75, 3.05) is 26.3 Å². The first-order valence-electron chi connectivity index (χ1n) is 6.98. The van der Waals surface area contributed by atoms with Gasteiger partial charge in [0.2, 0.25) is 5.91 Å². The van der Waals surface area contributed by atoms with Crippen LogP contribution < -0.4 is 0 Å². The summed E-state index contributed by atoms with van der Waals surface area (Å²) in [6.07, 6.45) is 5.36. The maximum atomic E-state index is 12.1. The molecular weight excluding hydrogens is 256 g/mol. The van der Waals surface area contributed by atoms with Crippen LogP contribution in [0, 0.1) is 0 Å². The second-order valence-corrected chi connectivity index (χ2v) is 5.12. The highest BCUT2D eigenvalue weighted by molar-refractivity contribution is 5.91. The van der Waals surface area contributed by atoms with E-state index in [1.165, 1.54) is 0 Å². The molecule has 0 saturated carbocycles. The predicted octanol–water partition coefficient (Wildman–Crippen LogP) is 1.68. The van der Waals surface area contributed by atoms with Crippen LogP contribution in [-0.2, 0) is 14.3 Å². The molecule has 0 aromatic carbocycles. The number of carbonyl (C=O) groups excluding carboxylic acids is 1. The number of morpholine rings is 1. The fraction of sp³-hybridized carbons (Fsp3) is 0.533. The van der Waals surface area contributed by atoms with E-state index < -0.39 is 0 Å². The Morgan fingerprint density at radius 3 is 3.20 bits per heavy atom. The maximum Gasteiger partial charge on any atom is 0.246 e. The number of H-pyrrole nitrogens is 1. The maximum absolute atomic E-state index is 12.1. The molecule has 0 aliphatic carbocycles. The van der Waals surface area contributed by atoms with E-state index in [1.54, 1.807) is 17.1 Å². The normalized spacial score (nSPS) is 19.9. The van der Waals surface area contributed by atoms with Crippen LogP contribution in [0.2, 0.25) is 0 Å². The highest BCUT2D eigenvalue weighted by atomic mass is 16.5. The third-order valence-corrected chi connectivity index (χ3v) is 3.09. The zero-order valence-corrected chi connectivity index (χ0v) is 12.0. The number of carbonyl (C=O) groups is 1. The Labute approximate surface area is 119 Å². The van der Waals surface area contributed by atoms with Crippen LogP contribution in [0.3, 0.4) is 0 Å². The van der Waals surface area contributed by atoms with Crippen LogP contribution in [0.4, 0.5) is 0 Å². The SMILES string of the molecule is CC(C)OCC1CN(C(=O)/C=C/c2ccc[nH]2)CCO1. The van der Waals surface area contributed by atoms with Crippen LogP contribution in [0.15, 0.2) is 24.4 Å². The number of hydrogen-bond donors (Lipinski definition) is 1. The first kappa shape index (κ1) is 14.8. The van der Waals surface area contributed by atoms with Crippen molar-refractivity contribution in [2.45, 2.75) is 26.1 Å². The van der Waals surface area contributed by atoms with Crippen molar-refractivity contribution in [3.05, 3.63) is 30.1 Å². The molecule has 2 heterocycles. The lowest BCUT2D eigenvalue weighted by Crippen LogP contribution is -2.46. The molecule has 1 unspecified atom stereocenters. The Kier molecular flexibility index (Phi) is 5.38. The van der Waals surface area contributed by atoms with Gasteiger partial charge < -0.3 is 19.4 Å². The summed E-state index contributed by atoms with van der Waals surface area (Å²) in [6.45, 7) is 6.29. The van der Waals surface area contributed by atoms with E-state index in [2.05, 4.69) is 4.98 Å². The molecule has 5 nitrogen and oxygen atoms in total. The third kappa shape index (κ3) is 4.51. The molecule has 1 aliphatic heterocycles. The summed E-state index contributed by atoms with van der Waals surface area (Å²) in [6, 6.07) is 3.82. The van der Waals surface area contributed by atoms with E-state index in [1.807, 2.05) is 32.2 Å². The van der Waals surface area contributed by atoms with Crippen molar-refractivity contribution < 1.29 is 14.3 Å². The van der Waals surface area contributed by atoms with Crippen LogP contribution in [0.1, 0.15) is 19.5 Å². The van der Waals surface area contributed by atoms with E-state index in [4.69, 9.17) is 9.47 Å². The lowest BCUT2D eigenvalue weighted by atomic mass is 10.2. The lowest BCUT2D eigenvalue weighted by molar-refractivity contribution is -0.137. The summed E-state index contributed by atoms with van der Waals surface area (Å²) in [5.41, 5.74) is 0.923. The van der Waals surface area contributed by atoms with Crippen LogP contribution >= 0.6 is 0 Å². The van der Waals surface area contributed by atoms with Crippen molar-refractivity contribution in [3.63, 3.8) is 0 Å². The second kappa shape index (κ2) is 7.26. The molecule has 20 heavy (non-hydrogen) atoms. The summed E-state index contributed by atoms with van der Waals surface area (Å²) in [5, 5.41) is 0. The molecule has 1 aromatic rings. The average molecular weight is 278 g/mol. The van der Waals surface area contributed by atoms with Crippen molar-refractivity contribution in [1.82, 2.24) is 9.88 Å². The van der Waals surface area contributed by atoms with Gasteiger partial charge in [0, 0.05) is 31.1 Å². The van der Waals surface area contributed by atoms with E-state index in [0.29, 0.717) is 26.3 Å². The largest absolute Gasteiger partial charge is 0.376 e. The molecule has 0 spiro atoms. The van der Waals surface area contributed by atoms with Gasteiger partial charge in [0.05, 0.1) is 25.4 Å². The molecule has 1 fully saturated rings. The van der Waals surface area contributed by atoms with Crippen LogP contribution in [0.5, 0.6) is 0 Å². The predicted molar refractivity (Wildman–Crippen MR) is 77.2 cm³/mol. The minimum atomic E-state index is -0.0333. The van der Waals surface area contributed by atoms with E-state index in [9.17, 15) is 4.79 Å². The number of amides is 1. The highest BCUT2D eigenvalue weighted by Gasteiger charge is 2.23. The fourth-order valence-electron chi connectivity index (χ4n) is 2.03. The number of aromatic amines is 1. The van der Waals surface area contributed by atoms with Gasteiger partial charge in [-0.05, 0) is 32.1 Å². The van der Waals surface area contributed by atoms with Crippen molar-refractivity contribution in [1.29, 1.82) is 0 Å². The van der Waals surface area contributed by atoms with Gasteiger partial charge in [-0.3, -0.25) is 4.79 Å². The van der Waals surface area contributed by atoms with Gasteiger partial charge in [0.15, 0.2) is 0 Å². The van der Waals surface area contributed by atoms with Crippen LogP contribution in [0.25, 0.3) is 6.08 Å². The topological polar surface area (TPSA) is 54.6 Å². The summed E-state index contributed by atoms with van der Waals surface area (Å²) >= 11 is 0. The molecule has 1 atom stereocenters. The molecule has 0 bridgehead atoms. The molecule has 0 radical (unpaired) electrons. The first-order chi connectivity index (χ1) is 9.65. The minimum absolute atomic E-state index is 0.0115. The monoisotopic (exact) mass is 278 g/mol. The second-order valence-electron chi connectivity index (χ2n) is 5.12. The fourth-order valence-corrected chi connectivity index (χ4v) is 2.03. The van der Waals surface area contributed by atoms with Gasteiger partial charge in [-0.2, -0.15) is 0 Å². The Morgan fingerprint density at radius 1 is 1.65 bits per heavy atom. The minimum Gasteiger partial charge on any atom is -0.376 e. The van der Waals surface area contributed by atoms with Crippen molar-refractivity contribution in [3.8, 4) is 0 Å². The molecular formula is C15H22N2O3. The molecule has 110 valence electrons. The number of nitrogens with one attached hydrogen (secondary N) is 1. The van der Waals surface area contributed by atoms with Gasteiger partial charge in [0.25, 0.3) is 0 Å². The van der Waals surface area contributed by atoms with Gasteiger partial charge >= 0.3 is 0 Å². The number of nitrogens with zero attached hydrogens (tertiary/aromatic N) is 1. The molecule has 1 N–H and O–H groups in total.